The SMILES string of the molecule is Cc1cc(C)c(C(O)C2COc3ccccc32)cc1C. The maximum atomic E-state index is 10.8. The van der Waals surface area contributed by atoms with Crippen LogP contribution in [-0.2, 0) is 0 Å². The summed E-state index contributed by atoms with van der Waals surface area (Å²) in [6, 6.07) is 12.2. The molecule has 0 saturated carbocycles. The number of rotatable bonds is 2. The highest BCUT2D eigenvalue weighted by Crippen LogP contribution is 2.42. The Morgan fingerprint density at radius 1 is 1.05 bits per heavy atom. The van der Waals surface area contributed by atoms with E-state index in [1.807, 2.05) is 24.3 Å². The van der Waals surface area contributed by atoms with Crippen molar-refractivity contribution >= 4 is 0 Å². The zero-order valence-corrected chi connectivity index (χ0v) is 12.2. The molecule has 1 heterocycles. The zero-order chi connectivity index (χ0) is 14.3. The second kappa shape index (κ2) is 4.95. The van der Waals surface area contributed by atoms with Gasteiger partial charge in [-0.3, -0.25) is 0 Å². The van der Waals surface area contributed by atoms with Gasteiger partial charge in [-0.1, -0.05) is 30.3 Å². The predicted molar refractivity (Wildman–Crippen MR) is 80.3 cm³/mol. The summed E-state index contributed by atoms with van der Waals surface area (Å²) in [5.41, 5.74) is 5.75. The smallest absolute Gasteiger partial charge is 0.123 e. The van der Waals surface area contributed by atoms with E-state index < -0.39 is 6.10 Å². The number of fused-ring (bicyclic) bond motifs is 1. The first-order chi connectivity index (χ1) is 9.58. The van der Waals surface area contributed by atoms with Gasteiger partial charge in [0.05, 0.1) is 18.6 Å². The van der Waals surface area contributed by atoms with Crippen LogP contribution in [0.2, 0.25) is 0 Å². The molecule has 3 rings (SSSR count). The normalized spacial score (nSPS) is 18.5. The molecule has 2 aromatic carbocycles. The van der Waals surface area contributed by atoms with Crippen LogP contribution in [0.15, 0.2) is 36.4 Å². The predicted octanol–water partition coefficient (Wildman–Crippen LogP) is 3.82. The van der Waals surface area contributed by atoms with Crippen molar-refractivity contribution < 1.29 is 9.84 Å². The summed E-state index contributed by atoms with van der Waals surface area (Å²) in [4.78, 5) is 0. The minimum atomic E-state index is -0.516. The number of hydrogen-bond donors (Lipinski definition) is 1. The van der Waals surface area contributed by atoms with Crippen LogP contribution >= 0.6 is 0 Å². The van der Waals surface area contributed by atoms with Crippen LogP contribution < -0.4 is 4.74 Å². The van der Waals surface area contributed by atoms with Crippen LogP contribution in [0.3, 0.4) is 0 Å². The lowest BCUT2D eigenvalue weighted by molar-refractivity contribution is 0.129. The van der Waals surface area contributed by atoms with Crippen molar-refractivity contribution in [3.8, 4) is 5.75 Å². The lowest BCUT2D eigenvalue weighted by Crippen LogP contribution is -2.14. The van der Waals surface area contributed by atoms with E-state index in [9.17, 15) is 5.11 Å². The van der Waals surface area contributed by atoms with E-state index in [0.717, 1.165) is 22.4 Å². The third-order valence-electron chi connectivity index (χ3n) is 4.32. The highest BCUT2D eigenvalue weighted by atomic mass is 16.5. The number of hydrogen-bond acceptors (Lipinski definition) is 2. The number of aliphatic hydroxyl groups excluding tert-OH is 1. The highest BCUT2D eigenvalue weighted by molar-refractivity contribution is 5.44. The molecule has 1 N–H and O–H groups in total. The van der Waals surface area contributed by atoms with Crippen LogP contribution in [0.5, 0.6) is 5.75 Å². The van der Waals surface area contributed by atoms with E-state index in [2.05, 4.69) is 32.9 Å². The maximum Gasteiger partial charge on any atom is 0.123 e. The van der Waals surface area contributed by atoms with Gasteiger partial charge in [0, 0.05) is 5.56 Å². The molecule has 0 spiro atoms. The Kier molecular flexibility index (Phi) is 3.27. The lowest BCUT2D eigenvalue weighted by Gasteiger charge is -2.21. The van der Waals surface area contributed by atoms with Crippen LogP contribution in [-0.4, -0.2) is 11.7 Å². The second-order valence-electron chi connectivity index (χ2n) is 5.69. The van der Waals surface area contributed by atoms with Crippen molar-refractivity contribution in [3.05, 3.63) is 64.2 Å². The summed E-state index contributed by atoms with van der Waals surface area (Å²) in [6.07, 6.45) is -0.516. The summed E-state index contributed by atoms with van der Waals surface area (Å²) in [5.74, 6) is 0.921. The average Bonchev–Trinajstić information content (AvgIpc) is 2.86. The van der Waals surface area contributed by atoms with Gasteiger partial charge in [0.15, 0.2) is 0 Å². The topological polar surface area (TPSA) is 29.5 Å². The molecule has 1 aliphatic heterocycles. The van der Waals surface area contributed by atoms with Gasteiger partial charge in [0.25, 0.3) is 0 Å². The average molecular weight is 268 g/mol. The first kappa shape index (κ1) is 13.2. The van der Waals surface area contributed by atoms with Crippen LogP contribution in [0.1, 0.15) is 39.8 Å². The molecule has 104 valence electrons. The maximum absolute atomic E-state index is 10.8. The molecule has 2 heteroatoms. The second-order valence-corrected chi connectivity index (χ2v) is 5.69. The van der Waals surface area contributed by atoms with Gasteiger partial charge >= 0.3 is 0 Å². The summed E-state index contributed by atoms with van der Waals surface area (Å²) in [6.45, 7) is 6.80. The number of aryl methyl sites for hydroxylation is 3. The Morgan fingerprint density at radius 2 is 1.75 bits per heavy atom. The molecular formula is C18H20O2. The third kappa shape index (κ3) is 2.10. The Labute approximate surface area is 120 Å². The number of benzene rings is 2. The Bertz CT molecular complexity index is 646. The molecule has 2 nitrogen and oxygen atoms in total. The summed E-state index contributed by atoms with van der Waals surface area (Å²) in [7, 11) is 0. The molecule has 20 heavy (non-hydrogen) atoms. The molecule has 0 aromatic heterocycles. The van der Waals surface area contributed by atoms with E-state index in [1.54, 1.807) is 0 Å². The van der Waals surface area contributed by atoms with Crippen molar-refractivity contribution in [1.82, 2.24) is 0 Å². The number of ether oxygens (including phenoxy) is 1. The summed E-state index contributed by atoms with van der Waals surface area (Å²) in [5, 5.41) is 10.8. The summed E-state index contributed by atoms with van der Waals surface area (Å²) < 4.78 is 5.69. The van der Waals surface area contributed by atoms with Crippen LogP contribution in [0, 0.1) is 20.8 Å². The molecule has 2 unspecified atom stereocenters. The molecule has 1 aliphatic rings. The zero-order valence-electron chi connectivity index (χ0n) is 12.2. The van der Waals surface area contributed by atoms with E-state index in [-0.39, 0.29) is 5.92 Å². The van der Waals surface area contributed by atoms with Crippen molar-refractivity contribution in [2.75, 3.05) is 6.61 Å². The lowest BCUT2D eigenvalue weighted by atomic mass is 9.87. The monoisotopic (exact) mass is 268 g/mol. The molecule has 0 saturated heterocycles. The largest absolute Gasteiger partial charge is 0.493 e. The van der Waals surface area contributed by atoms with Gasteiger partial charge in [-0.15, -0.1) is 0 Å². The van der Waals surface area contributed by atoms with Crippen molar-refractivity contribution in [2.24, 2.45) is 0 Å². The number of aliphatic hydroxyl groups is 1. The van der Waals surface area contributed by atoms with Crippen molar-refractivity contribution in [1.29, 1.82) is 0 Å². The molecule has 2 aromatic rings. The Hall–Kier alpha value is -1.80. The van der Waals surface area contributed by atoms with Gasteiger partial charge in [0.2, 0.25) is 0 Å². The standard InChI is InChI=1S/C18H20O2/c1-11-8-13(3)15(9-12(11)2)18(19)16-10-20-17-7-5-4-6-14(16)17/h4-9,16,18-19H,10H2,1-3H3. The first-order valence-corrected chi connectivity index (χ1v) is 7.05. The Morgan fingerprint density at radius 3 is 2.55 bits per heavy atom. The molecule has 0 radical (unpaired) electrons. The number of para-hydroxylation sites is 1. The fourth-order valence-corrected chi connectivity index (χ4v) is 2.97. The highest BCUT2D eigenvalue weighted by Gasteiger charge is 2.31. The van der Waals surface area contributed by atoms with Gasteiger partial charge in [-0.25, -0.2) is 0 Å². The molecule has 0 amide bonds. The van der Waals surface area contributed by atoms with E-state index in [4.69, 9.17) is 4.74 Å². The molecule has 2 atom stereocenters. The quantitative estimate of drug-likeness (QED) is 0.897. The minimum absolute atomic E-state index is 0.0204. The summed E-state index contributed by atoms with van der Waals surface area (Å²) >= 11 is 0. The van der Waals surface area contributed by atoms with E-state index in [0.29, 0.717) is 6.61 Å². The third-order valence-corrected chi connectivity index (χ3v) is 4.32. The molecular weight excluding hydrogens is 248 g/mol. The van der Waals surface area contributed by atoms with Gasteiger partial charge in [0.1, 0.15) is 5.75 Å². The fraction of sp³-hybridized carbons (Fsp3) is 0.333. The van der Waals surface area contributed by atoms with Gasteiger partial charge in [-0.2, -0.15) is 0 Å². The van der Waals surface area contributed by atoms with Crippen LogP contribution in [0.25, 0.3) is 0 Å². The van der Waals surface area contributed by atoms with E-state index >= 15 is 0 Å². The molecule has 0 fully saturated rings. The van der Waals surface area contributed by atoms with Crippen molar-refractivity contribution in [3.63, 3.8) is 0 Å². The van der Waals surface area contributed by atoms with Crippen LogP contribution in [0.4, 0.5) is 0 Å². The minimum Gasteiger partial charge on any atom is -0.493 e. The fourth-order valence-electron chi connectivity index (χ4n) is 2.97. The first-order valence-electron chi connectivity index (χ1n) is 7.05. The van der Waals surface area contributed by atoms with Crippen molar-refractivity contribution in [2.45, 2.75) is 32.8 Å². The van der Waals surface area contributed by atoms with E-state index in [1.165, 1.54) is 11.1 Å². The van der Waals surface area contributed by atoms with Gasteiger partial charge < -0.3 is 9.84 Å². The Balaban J connectivity index is 1.98. The molecule has 0 aliphatic carbocycles. The molecule has 0 bridgehead atoms. The van der Waals surface area contributed by atoms with Gasteiger partial charge in [-0.05, 0) is 49.1 Å².